The number of anilines is 1. The molecule has 0 radical (unpaired) electrons. The van der Waals surface area contributed by atoms with E-state index in [2.05, 4.69) is 15.9 Å². The van der Waals surface area contributed by atoms with Crippen LogP contribution in [0.3, 0.4) is 0 Å². The Morgan fingerprint density at radius 3 is 2.48 bits per heavy atom. The maximum Gasteiger partial charge on any atom is 0.338 e. The molecule has 31 heavy (non-hydrogen) atoms. The summed E-state index contributed by atoms with van der Waals surface area (Å²) >= 11 is 9.54. The lowest BCUT2D eigenvalue weighted by Gasteiger charge is -2.40. The fourth-order valence-electron chi connectivity index (χ4n) is 4.27. The van der Waals surface area contributed by atoms with Gasteiger partial charge in [-0.05, 0) is 61.7 Å². The highest BCUT2D eigenvalue weighted by molar-refractivity contribution is 9.10. The van der Waals surface area contributed by atoms with Crippen molar-refractivity contribution in [1.82, 2.24) is 0 Å². The molecular formula is C24H22BrClN2O3. The number of ketones is 1. The van der Waals surface area contributed by atoms with Crippen LogP contribution in [0.1, 0.15) is 37.7 Å². The molecule has 1 aliphatic carbocycles. The number of halogens is 2. The number of allylic oxidation sites excluding steroid dienone is 2. The first-order valence-corrected chi connectivity index (χ1v) is 11.3. The summed E-state index contributed by atoms with van der Waals surface area (Å²) in [6.45, 7) is 1.96. The predicted molar refractivity (Wildman–Crippen MR) is 125 cm³/mol. The molecule has 160 valence electrons. The van der Waals surface area contributed by atoms with E-state index in [9.17, 15) is 9.59 Å². The lowest BCUT2D eigenvalue weighted by molar-refractivity contribution is -0.138. The van der Waals surface area contributed by atoms with Crippen LogP contribution < -0.4 is 10.6 Å². The van der Waals surface area contributed by atoms with E-state index >= 15 is 0 Å². The molecular weight excluding hydrogens is 480 g/mol. The average Bonchev–Trinajstić information content (AvgIpc) is 2.75. The molecule has 1 aliphatic heterocycles. The van der Waals surface area contributed by atoms with Gasteiger partial charge in [-0.25, -0.2) is 4.79 Å². The third kappa shape index (κ3) is 4.02. The highest BCUT2D eigenvalue weighted by Crippen LogP contribution is 2.47. The summed E-state index contributed by atoms with van der Waals surface area (Å²) in [5.74, 6) is -0.801. The molecule has 0 fully saturated rings. The third-order valence-corrected chi connectivity index (χ3v) is 6.36. The van der Waals surface area contributed by atoms with Gasteiger partial charge in [-0.3, -0.25) is 9.69 Å². The lowest BCUT2D eigenvalue weighted by Crippen LogP contribution is -2.41. The number of hydrogen-bond donors (Lipinski definition) is 1. The number of Topliss-reactive ketones (excluding diaryl/α,β-unsaturated/α-hetero) is 1. The molecule has 1 heterocycles. The largest absolute Gasteiger partial charge is 0.463 e. The zero-order valence-electron chi connectivity index (χ0n) is 17.0. The second-order valence-electron chi connectivity index (χ2n) is 7.45. The fraction of sp³-hybridized carbons (Fsp3) is 0.250. The summed E-state index contributed by atoms with van der Waals surface area (Å²) < 4.78 is 6.30. The molecule has 2 aromatic rings. The molecule has 4 rings (SSSR count). The van der Waals surface area contributed by atoms with Gasteiger partial charge in [-0.1, -0.05) is 39.7 Å². The van der Waals surface area contributed by atoms with Crippen LogP contribution in [0, 0.1) is 0 Å². The number of esters is 1. The van der Waals surface area contributed by atoms with Crippen molar-refractivity contribution < 1.29 is 14.3 Å². The minimum absolute atomic E-state index is 0.0256. The molecule has 0 saturated heterocycles. The van der Waals surface area contributed by atoms with Gasteiger partial charge >= 0.3 is 5.97 Å². The quantitative estimate of drug-likeness (QED) is 0.564. The molecule has 0 unspecified atom stereocenters. The Morgan fingerprint density at radius 2 is 1.84 bits per heavy atom. The normalized spacial score (nSPS) is 18.9. The van der Waals surface area contributed by atoms with E-state index in [0.29, 0.717) is 23.4 Å². The standard InChI is InChI=1S/C24H22BrClN2O3/c1-2-31-24(30)22-20(14-6-10-16(26)11-7-14)21-18(4-3-5-19(21)29)28(23(22)27)17-12-8-15(25)9-13-17/h6-13,20H,2-5,27H2,1H3/t20-/m1/s1. The molecule has 0 aromatic heterocycles. The first kappa shape index (κ1) is 21.7. The number of nitrogens with two attached hydrogens (primary N) is 1. The van der Waals surface area contributed by atoms with Crippen molar-refractivity contribution in [3.8, 4) is 0 Å². The molecule has 0 amide bonds. The van der Waals surface area contributed by atoms with Crippen LogP contribution in [0.15, 0.2) is 75.7 Å². The number of hydrogen-bond acceptors (Lipinski definition) is 5. The maximum atomic E-state index is 13.2. The van der Waals surface area contributed by atoms with Crippen molar-refractivity contribution in [3.05, 3.63) is 86.3 Å². The monoisotopic (exact) mass is 500 g/mol. The smallest absolute Gasteiger partial charge is 0.338 e. The number of carbonyl (C=O) groups excluding carboxylic acids is 2. The zero-order valence-corrected chi connectivity index (χ0v) is 19.4. The van der Waals surface area contributed by atoms with Gasteiger partial charge < -0.3 is 10.5 Å². The van der Waals surface area contributed by atoms with E-state index in [1.807, 2.05) is 41.3 Å². The number of ether oxygens (including phenoxy) is 1. The molecule has 2 aliphatic rings. The number of carbonyl (C=O) groups is 2. The summed E-state index contributed by atoms with van der Waals surface area (Å²) in [6, 6.07) is 14.8. The Morgan fingerprint density at radius 1 is 1.16 bits per heavy atom. The Hall–Kier alpha value is -2.57. The lowest BCUT2D eigenvalue weighted by atomic mass is 9.75. The van der Waals surface area contributed by atoms with Crippen molar-refractivity contribution in [1.29, 1.82) is 0 Å². The molecule has 7 heteroatoms. The summed E-state index contributed by atoms with van der Waals surface area (Å²) in [5.41, 5.74) is 9.95. The van der Waals surface area contributed by atoms with Crippen molar-refractivity contribution >= 4 is 45.0 Å². The van der Waals surface area contributed by atoms with Crippen LogP contribution in [-0.4, -0.2) is 18.4 Å². The Balaban J connectivity index is 1.98. The van der Waals surface area contributed by atoms with Crippen molar-refractivity contribution in [3.63, 3.8) is 0 Å². The van der Waals surface area contributed by atoms with E-state index in [1.165, 1.54) is 0 Å². The molecule has 0 bridgehead atoms. The minimum atomic E-state index is -0.592. The average molecular weight is 502 g/mol. The van der Waals surface area contributed by atoms with Gasteiger partial charge in [0.25, 0.3) is 0 Å². The van der Waals surface area contributed by atoms with Crippen LogP contribution in [-0.2, 0) is 14.3 Å². The van der Waals surface area contributed by atoms with Crippen LogP contribution in [0.5, 0.6) is 0 Å². The van der Waals surface area contributed by atoms with Crippen LogP contribution in [0.2, 0.25) is 5.02 Å². The van der Waals surface area contributed by atoms with Gasteiger partial charge in [0.15, 0.2) is 5.78 Å². The third-order valence-electron chi connectivity index (χ3n) is 5.58. The second kappa shape index (κ2) is 8.89. The van der Waals surface area contributed by atoms with E-state index in [-0.39, 0.29) is 23.8 Å². The Labute approximate surface area is 194 Å². The van der Waals surface area contributed by atoms with Crippen molar-refractivity contribution in [2.24, 2.45) is 5.73 Å². The minimum Gasteiger partial charge on any atom is -0.463 e. The van der Waals surface area contributed by atoms with Gasteiger partial charge in [0.2, 0.25) is 0 Å². The number of nitrogens with zero attached hydrogens (tertiary/aromatic N) is 1. The summed E-state index contributed by atoms with van der Waals surface area (Å²) in [4.78, 5) is 28.2. The van der Waals surface area contributed by atoms with Crippen LogP contribution in [0.25, 0.3) is 0 Å². The second-order valence-corrected chi connectivity index (χ2v) is 8.80. The predicted octanol–water partition coefficient (Wildman–Crippen LogP) is 5.45. The number of benzene rings is 2. The SMILES string of the molecule is CCOC(=O)C1=C(N)N(c2ccc(Br)cc2)C2=C(C(=O)CCC2)[C@H]1c1ccc(Cl)cc1. The van der Waals surface area contributed by atoms with Crippen molar-refractivity contribution in [2.45, 2.75) is 32.1 Å². The van der Waals surface area contributed by atoms with Gasteiger partial charge in [0.05, 0.1) is 18.1 Å². The Bertz CT molecular complexity index is 1090. The van der Waals surface area contributed by atoms with E-state index in [1.54, 1.807) is 19.1 Å². The molecule has 1 atom stereocenters. The zero-order chi connectivity index (χ0) is 22.1. The fourth-order valence-corrected chi connectivity index (χ4v) is 4.66. The summed E-state index contributed by atoms with van der Waals surface area (Å²) in [6.07, 6.45) is 1.87. The van der Waals surface area contributed by atoms with Gasteiger partial charge in [0.1, 0.15) is 5.82 Å². The van der Waals surface area contributed by atoms with Crippen LogP contribution in [0.4, 0.5) is 5.69 Å². The summed E-state index contributed by atoms with van der Waals surface area (Å²) in [7, 11) is 0. The maximum absolute atomic E-state index is 13.2. The first-order chi connectivity index (χ1) is 14.9. The molecule has 0 saturated carbocycles. The van der Waals surface area contributed by atoms with Gasteiger partial charge in [-0.15, -0.1) is 0 Å². The Kier molecular flexibility index (Phi) is 6.21. The summed E-state index contributed by atoms with van der Waals surface area (Å²) in [5, 5.41) is 0.579. The highest BCUT2D eigenvalue weighted by atomic mass is 79.9. The molecule has 0 spiro atoms. The first-order valence-electron chi connectivity index (χ1n) is 10.2. The van der Waals surface area contributed by atoms with Gasteiger partial charge in [0, 0.05) is 32.9 Å². The van der Waals surface area contributed by atoms with E-state index in [4.69, 9.17) is 22.1 Å². The van der Waals surface area contributed by atoms with E-state index in [0.717, 1.165) is 27.8 Å². The van der Waals surface area contributed by atoms with Crippen molar-refractivity contribution in [2.75, 3.05) is 11.5 Å². The number of rotatable bonds is 4. The van der Waals surface area contributed by atoms with Crippen LogP contribution >= 0.6 is 27.5 Å². The molecule has 2 aromatic carbocycles. The molecule has 2 N–H and O–H groups in total. The van der Waals surface area contributed by atoms with Gasteiger partial charge in [-0.2, -0.15) is 0 Å². The molecule has 5 nitrogen and oxygen atoms in total. The van der Waals surface area contributed by atoms with E-state index < -0.39 is 11.9 Å². The highest BCUT2D eigenvalue weighted by Gasteiger charge is 2.43. The topological polar surface area (TPSA) is 72.6 Å².